The maximum atomic E-state index is 13.3. The van der Waals surface area contributed by atoms with Crippen molar-refractivity contribution in [2.45, 2.75) is 76.3 Å². The molecule has 3 saturated carbocycles. The number of ether oxygens (including phenoxy) is 1. The van der Waals surface area contributed by atoms with Crippen LogP contribution >= 0.6 is 0 Å². The lowest BCUT2D eigenvalue weighted by atomic mass is 9.81. The lowest BCUT2D eigenvalue weighted by molar-refractivity contribution is -0.143. The van der Waals surface area contributed by atoms with Crippen LogP contribution in [0.1, 0.15) is 79.6 Å². The summed E-state index contributed by atoms with van der Waals surface area (Å²) < 4.78 is 36.5. The van der Waals surface area contributed by atoms with Crippen molar-refractivity contribution in [3.8, 4) is 17.0 Å². The summed E-state index contributed by atoms with van der Waals surface area (Å²) in [6, 6.07) is 13.1. The van der Waals surface area contributed by atoms with Gasteiger partial charge in [0.2, 0.25) is 0 Å². The number of benzene rings is 2. The quantitative estimate of drug-likeness (QED) is 0.337. The van der Waals surface area contributed by atoms with Gasteiger partial charge in [0.15, 0.2) is 0 Å². The average Bonchev–Trinajstić information content (AvgIpc) is 3.90. The molecule has 3 fully saturated rings. The van der Waals surface area contributed by atoms with Crippen molar-refractivity contribution < 1.29 is 27.9 Å². The molecule has 1 aromatic heterocycles. The number of nitrogens with one attached hydrogen (secondary N) is 1. The number of amides is 1. The summed E-state index contributed by atoms with van der Waals surface area (Å²) >= 11 is 0. The smallest absolute Gasteiger partial charge is 0.311 e. The predicted molar refractivity (Wildman–Crippen MR) is 156 cm³/mol. The average molecular weight is 580 g/mol. The van der Waals surface area contributed by atoms with Crippen LogP contribution in [-0.2, 0) is 21.5 Å². The van der Waals surface area contributed by atoms with Gasteiger partial charge in [0.25, 0.3) is 5.91 Å². The van der Waals surface area contributed by atoms with Crippen LogP contribution in [0.3, 0.4) is 0 Å². The van der Waals surface area contributed by atoms with Crippen LogP contribution < -0.4 is 9.46 Å². The first kappa shape index (κ1) is 27.8. The van der Waals surface area contributed by atoms with Crippen molar-refractivity contribution in [2.75, 3.05) is 14.2 Å². The molecule has 0 atom stereocenters. The molecule has 1 heterocycles. The largest absolute Gasteiger partial charge is 0.497 e. The molecule has 3 aliphatic rings. The number of fused-ring (bicyclic) bond motifs is 1. The number of aliphatic carboxylic acids is 1. The fourth-order valence-electron chi connectivity index (χ4n) is 6.32. The number of hydrogen-bond donors (Lipinski definition) is 2. The van der Waals surface area contributed by atoms with E-state index in [0.717, 1.165) is 66.4 Å². The highest BCUT2D eigenvalue weighted by molar-refractivity contribution is 7.87. The molecule has 218 valence electrons. The highest BCUT2D eigenvalue weighted by Gasteiger charge is 2.51. The Bertz CT molecular complexity index is 1600. The molecule has 6 rings (SSSR count). The van der Waals surface area contributed by atoms with Crippen LogP contribution in [0.4, 0.5) is 0 Å². The van der Waals surface area contributed by atoms with Crippen LogP contribution in [0, 0.1) is 5.41 Å². The van der Waals surface area contributed by atoms with E-state index >= 15 is 0 Å². The van der Waals surface area contributed by atoms with Gasteiger partial charge in [-0.15, -0.1) is 0 Å². The third-order valence-corrected chi connectivity index (χ3v) is 10.7. The van der Waals surface area contributed by atoms with Crippen LogP contribution in [0.25, 0.3) is 22.2 Å². The second kappa shape index (κ2) is 10.5. The van der Waals surface area contributed by atoms with E-state index in [1.165, 1.54) is 23.3 Å². The van der Waals surface area contributed by atoms with Crippen molar-refractivity contribution in [1.29, 1.82) is 0 Å². The predicted octanol–water partition coefficient (Wildman–Crippen LogP) is 5.30. The van der Waals surface area contributed by atoms with Crippen molar-refractivity contribution in [3.63, 3.8) is 0 Å². The summed E-state index contributed by atoms with van der Waals surface area (Å²) in [6.07, 6.45) is 8.30. The van der Waals surface area contributed by atoms with Gasteiger partial charge in [-0.05, 0) is 92.0 Å². The number of methoxy groups -OCH3 is 1. The van der Waals surface area contributed by atoms with Gasteiger partial charge < -0.3 is 14.4 Å². The van der Waals surface area contributed by atoms with Gasteiger partial charge in [0.1, 0.15) is 5.75 Å². The molecular formula is C31H37N3O6S. The number of rotatable bonds is 10. The van der Waals surface area contributed by atoms with Crippen molar-refractivity contribution in [1.82, 2.24) is 13.6 Å². The van der Waals surface area contributed by atoms with E-state index in [1.54, 1.807) is 19.2 Å². The fourth-order valence-corrected chi connectivity index (χ4v) is 7.42. The number of carbonyl (C=O) groups is 2. The molecule has 1 amide bonds. The first-order valence-corrected chi connectivity index (χ1v) is 15.9. The van der Waals surface area contributed by atoms with Crippen LogP contribution in [0.15, 0.2) is 42.5 Å². The Morgan fingerprint density at radius 2 is 1.73 bits per heavy atom. The first-order chi connectivity index (χ1) is 19.6. The summed E-state index contributed by atoms with van der Waals surface area (Å²) in [5.74, 6) is -0.480. The SMILES string of the molecule is COc1ccc(-c2c(C3CCCCC3)c3ccc(C(=O)NS(=O)(=O)N(C)C4CC4)cc3n2CC2(C(=O)O)CC2)cc1. The molecule has 0 aliphatic heterocycles. The molecule has 0 bridgehead atoms. The zero-order chi connectivity index (χ0) is 28.9. The zero-order valence-electron chi connectivity index (χ0n) is 23.6. The molecule has 2 N–H and O–H groups in total. The zero-order valence-corrected chi connectivity index (χ0v) is 24.4. The Balaban J connectivity index is 1.51. The number of carboxylic acid groups (broad SMARTS) is 1. The summed E-state index contributed by atoms with van der Waals surface area (Å²) in [7, 11) is -0.860. The molecule has 41 heavy (non-hydrogen) atoms. The number of nitrogens with zero attached hydrogens (tertiary/aromatic N) is 2. The highest BCUT2D eigenvalue weighted by atomic mass is 32.2. The lowest BCUT2D eigenvalue weighted by Crippen LogP contribution is -2.42. The van der Waals surface area contributed by atoms with E-state index in [2.05, 4.69) is 9.29 Å². The van der Waals surface area contributed by atoms with E-state index in [4.69, 9.17) is 4.74 Å². The summed E-state index contributed by atoms with van der Waals surface area (Å²) in [4.78, 5) is 25.6. The van der Waals surface area contributed by atoms with Gasteiger partial charge in [-0.1, -0.05) is 25.3 Å². The minimum absolute atomic E-state index is 0.0733. The number of carboxylic acids is 1. The minimum Gasteiger partial charge on any atom is -0.497 e. The number of hydrogen-bond acceptors (Lipinski definition) is 5. The topological polar surface area (TPSA) is 118 Å². The highest BCUT2D eigenvalue weighted by Crippen LogP contribution is 2.51. The van der Waals surface area contributed by atoms with Crippen molar-refractivity contribution in [2.24, 2.45) is 5.41 Å². The monoisotopic (exact) mass is 579 g/mol. The van der Waals surface area contributed by atoms with Gasteiger partial charge in [-0.25, -0.2) is 4.72 Å². The van der Waals surface area contributed by atoms with E-state index in [-0.39, 0.29) is 18.2 Å². The Labute approximate surface area is 240 Å². The second-order valence-electron chi connectivity index (χ2n) is 11.9. The first-order valence-electron chi connectivity index (χ1n) is 14.5. The minimum atomic E-state index is -3.97. The Kier molecular flexibility index (Phi) is 7.10. The molecule has 0 unspecified atom stereocenters. The molecule has 3 aromatic rings. The van der Waals surface area contributed by atoms with Gasteiger partial charge in [-0.3, -0.25) is 9.59 Å². The van der Waals surface area contributed by atoms with Crippen molar-refractivity contribution >= 4 is 33.0 Å². The number of aromatic nitrogens is 1. The van der Waals surface area contributed by atoms with Gasteiger partial charge in [0.05, 0.1) is 18.2 Å². The van der Waals surface area contributed by atoms with Crippen LogP contribution in [0.2, 0.25) is 0 Å². The normalized spacial score (nSPS) is 18.9. The molecule has 3 aliphatic carbocycles. The summed E-state index contributed by atoms with van der Waals surface area (Å²) in [5.41, 5.74) is 3.24. The summed E-state index contributed by atoms with van der Waals surface area (Å²) in [6.45, 7) is 0.278. The molecule has 0 saturated heterocycles. The van der Waals surface area contributed by atoms with Crippen LogP contribution in [0.5, 0.6) is 5.75 Å². The third-order valence-electron chi connectivity index (χ3n) is 9.17. The van der Waals surface area contributed by atoms with E-state index in [9.17, 15) is 23.1 Å². The maximum absolute atomic E-state index is 13.3. The molecule has 10 heteroatoms. The second-order valence-corrected chi connectivity index (χ2v) is 13.6. The summed E-state index contributed by atoms with van der Waals surface area (Å²) in [5, 5.41) is 11.1. The maximum Gasteiger partial charge on any atom is 0.311 e. The number of carbonyl (C=O) groups excluding carboxylic acids is 1. The molecule has 0 radical (unpaired) electrons. The van der Waals surface area contributed by atoms with Gasteiger partial charge >= 0.3 is 16.2 Å². The molecule has 9 nitrogen and oxygen atoms in total. The Hall–Kier alpha value is -3.37. The fraction of sp³-hybridized carbons (Fsp3) is 0.484. The standard InChI is InChI=1S/C31H37N3O6S/c1-33(23-11-12-23)41(38,39)32-29(35)22-10-15-25-26(18-22)34(19-31(16-17-31)30(36)37)28(21-8-13-24(40-2)14-9-21)27(25)20-6-4-3-5-7-20/h8-10,13-15,18,20,23H,3-7,11-12,16-17,19H2,1-2H3,(H,32,35)(H,36,37). The Morgan fingerprint density at radius 1 is 1.05 bits per heavy atom. The van der Waals surface area contributed by atoms with E-state index < -0.39 is 27.5 Å². The molecule has 2 aromatic carbocycles. The van der Waals surface area contributed by atoms with Crippen molar-refractivity contribution in [3.05, 3.63) is 53.6 Å². The van der Waals surface area contributed by atoms with E-state index in [1.807, 2.05) is 30.3 Å². The molecule has 0 spiro atoms. The Morgan fingerprint density at radius 3 is 2.32 bits per heavy atom. The van der Waals surface area contributed by atoms with Gasteiger partial charge in [-0.2, -0.15) is 12.7 Å². The van der Waals surface area contributed by atoms with Gasteiger partial charge in [0, 0.05) is 36.1 Å². The lowest BCUT2D eigenvalue weighted by Gasteiger charge is -2.24. The molecular weight excluding hydrogens is 542 g/mol. The van der Waals surface area contributed by atoms with E-state index in [0.29, 0.717) is 18.8 Å². The third kappa shape index (κ3) is 5.23. The van der Waals surface area contributed by atoms with Crippen LogP contribution in [-0.4, -0.2) is 54.5 Å².